The number of nitrogens with one attached hydrogen (secondary N) is 1. The Bertz CT molecular complexity index is 586. The van der Waals surface area contributed by atoms with E-state index in [1.54, 1.807) is 0 Å². The van der Waals surface area contributed by atoms with E-state index >= 15 is 0 Å². The van der Waals surface area contributed by atoms with Crippen LogP contribution in [0.2, 0.25) is 0 Å². The van der Waals surface area contributed by atoms with Gasteiger partial charge in [-0.25, -0.2) is 4.39 Å². The van der Waals surface area contributed by atoms with Crippen LogP contribution < -0.4 is 10.1 Å². The van der Waals surface area contributed by atoms with Gasteiger partial charge in [-0.1, -0.05) is 0 Å². The summed E-state index contributed by atoms with van der Waals surface area (Å²) in [6.45, 7) is -3.14. The first-order valence-electron chi connectivity index (χ1n) is 7.15. The molecule has 2 N–H and O–H groups in total. The van der Waals surface area contributed by atoms with Gasteiger partial charge in [0.2, 0.25) is 5.91 Å². The Kier molecular flexibility index (Phi) is 5.46. The summed E-state index contributed by atoms with van der Waals surface area (Å²) in [5.41, 5.74) is -0.0444. The lowest BCUT2D eigenvalue weighted by Crippen LogP contribution is -2.29. The Morgan fingerprint density at radius 3 is 2.35 bits per heavy atom. The molecule has 23 heavy (non-hydrogen) atoms. The molecule has 1 aromatic carbocycles. The van der Waals surface area contributed by atoms with Crippen LogP contribution in [-0.4, -0.2) is 23.6 Å². The van der Waals surface area contributed by atoms with Crippen molar-refractivity contribution in [2.24, 2.45) is 11.8 Å². The Labute approximate surface area is 130 Å². The molecule has 126 valence electrons. The van der Waals surface area contributed by atoms with Gasteiger partial charge in [0.1, 0.15) is 5.82 Å². The second-order valence-corrected chi connectivity index (χ2v) is 5.40. The summed E-state index contributed by atoms with van der Waals surface area (Å²) in [6, 6.07) is 2.94. The zero-order valence-electron chi connectivity index (χ0n) is 12.1. The van der Waals surface area contributed by atoms with Gasteiger partial charge >= 0.3 is 12.6 Å². The lowest BCUT2D eigenvalue weighted by Gasteiger charge is -2.25. The zero-order chi connectivity index (χ0) is 17.0. The number of carboxylic acid groups (broad SMARTS) is 1. The first-order valence-corrected chi connectivity index (χ1v) is 7.15. The number of ether oxygens (including phenoxy) is 1. The van der Waals surface area contributed by atoms with Crippen molar-refractivity contribution in [3.8, 4) is 5.75 Å². The Hall–Kier alpha value is -2.25. The molecule has 2 rings (SSSR count). The molecule has 0 bridgehead atoms. The number of carbonyl (C=O) groups excluding carboxylic acids is 1. The van der Waals surface area contributed by atoms with Crippen molar-refractivity contribution in [3.05, 3.63) is 24.0 Å². The van der Waals surface area contributed by atoms with Gasteiger partial charge in [-0.05, 0) is 37.8 Å². The summed E-state index contributed by atoms with van der Waals surface area (Å²) < 4.78 is 42.0. The van der Waals surface area contributed by atoms with Gasteiger partial charge in [-0.15, -0.1) is 0 Å². The molecule has 5 nitrogen and oxygen atoms in total. The minimum absolute atomic E-state index is 0.0444. The first-order chi connectivity index (χ1) is 10.9. The molecule has 1 saturated carbocycles. The third-order valence-electron chi connectivity index (χ3n) is 3.86. The number of halogens is 3. The van der Waals surface area contributed by atoms with E-state index in [4.69, 9.17) is 5.11 Å². The van der Waals surface area contributed by atoms with Gasteiger partial charge in [-0.3, -0.25) is 9.59 Å². The van der Waals surface area contributed by atoms with Crippen LogP contribution in [0.3, 0.4) is 0 Å². The van der Waals surface area contributed by atoms with Gasteiger partial charge < -0.3 is 15.2 Å². The molecule has 8 heteroatoms. The van der Waals surface area contributed by atoms with Gasteiger partial charge in [0.05, 0.1) is 11.6 Å². The van der Waals surface area contributed by atoms with Crippen LogP contribution in [0.25, 0.3) is 0 Å². The molecular weight excluding hydrogens is 315 g/mol. The van der Waals surface area contributed by atoms with Crippen LogP contribution in [-0.2, 0) is 9.59 Å². The van der Waals surface area contributed by atoms with E-state index in [0.29, 0.717) is 25.7 Å². The summed E-state index contributed by atoms with van der Waals surface area (Å²) in [5.74, 6) is -3.37. The fourth-order valence-electron chi connectivity index (χ4n) is 2.63. The van der Waals surface area contributed by atoms with Crippen LogP contribution in [0.1, 0.15) is 25.7 Å². The Morgan fingerprint density at radius 2 is 1.78 bits per heavy atom. The standard InChI is InChI=1S/C15H16F3NO4/c16-10-5-6-11(12(7-10)23-15(17)18)19-13(20)8-1-3-9(4-2-8)14(21)22/h5-9,15H,1-4H2,(H,19,20)(H,21,22). The van der Waals surface area contributed by atoms with Crippen molar-refractivity contribution in [1.29, 1.82) is 0 Å². The number of hydrogen-bond donors (Lipinski definition) is 2. The van der Waals surface area contributed by atoms with E-state index in [0.717, 1.165) is 18.2 Å². The van der Waals surface area contributed by atoms with Crippen LogP contribution in [0.5, 0.6) is 5.75 Å². The highest BCUT2D eigenvalue weighted by Gasteiger charge is 2.30. The second-order valence-electron chi connectivity index (χ2n) is 5.40. The van der Waals surface area contributed by atoms with Crippen molar-refractivity contribution in [2.45, 2.75) is 32.3 Å². The minimum atomic E-state index is -3.14. The number of amides is 1. The van der Waals surface area contributed by atoms with E-state index in [-0.39, 0.29) is 5.69 Å². The molecular formula is C15H16F3NO4. The maximum absolute atomic E-state index is 13.1. The van der Waals surface area contributed by atoms with Crippen molar-refractivity contribution < 1.29 is 32.6 Å². The first kappa shape index (κ1) is 17.1. The average molecular weight is 331 g/mol. The highest BCUT2D eigenvalue weighted by molar-refractivity contribution is 5.94. The third-order valence-corrected chi connectivity index (χ3v) is 3.86. The van der Waals surface area contributed by atoms with Gasteiger partial charge in [0.15, 0.2) is 5.75 Å². The topological polar surface area (TPSA) is 75.6 Å². The van der Waals surface area contributed by atoms with Crippen molar-refractivity contribution >= 4 is 17.6 Å². The second kappa shape index (κ2) is 7.34. The lowest BCUT2D eigenvalue weighted by atomic mass is 9.81. The van der Waals surface area contributed by atoms with E-state index in [2.05, 4.69) is 10.1 Å². The molecule has 0 unspecified atom stereocenters. The molecule has 0 spiro atoms. The highest BCUT2D eigenvalue weighted by Crippen LogP contribution is 2.32. The third kappa shape index (κ3) is 4.61. The molecule has 1 aromatic rings. The fourth-order valence-corrected chi connectivity index (χ4v) is 2.63. The average Bonchev–Trinajstić information content (AvgIpc) is 2.49. The highest BCUT2D eigenvalue weighted by atomic mass is 19.3. The number of hydrogen-bond acceptors (Lipinski definition) is 3. The zero-order valence-corrected chi connectivity index (χ0v) is 12.1. The summed E-state index contributed by atoms with van der Waals surface area (Å²) >= 11 is 0. The molecule has 0 aromatic heterocycles. The molecule has 1 aliphatic carbocycles. The quantitative estimate of drug-likeness (QED) is 0.868. The van der Waals surface area contributed by atoms with Gasteiger partial charge in [0.25, 0.3) is 0 Å². The number of aliphatic carboxylic acids is 1. The number of alkyl halides is 2. The summed E-state index contributed by atoms with van der Waals surface area (Å²) in [5, 5.41) is 11.4. The molecule has 0 heterocycles. The molecule has 1 amide bonds. The van der Waals surface area contributed by atoms with Crippen LogP contribution in [0, 0.1) is 17.7 Å². The van der Waals surface area contributed by atoms with Crippen LogP contribution in [0.4, 0.5) is 18.9 Å². The Morgan fingerprint density at radius 1 is 1.17 bits per heavy atom. The van der Waals surface area contributed by atoms with Crippen molar-refractivity contribution in [3.63, 3.8) is 0 Å². The number of benzene rings is 1. The van der Waals surface area contributed by atoms with E-state index in [1.807, 2.05) is 0 Å². The summed E-state index contributed by atoms with van der Waals surface area (Å²) in [6.07, 6.45) is 1.57. The van der Waals surface area contributed by atoms with Crippen LogP contribution in [0.15, 0.2) is 18.2 Å². The van der Waals surface area contributed by atoms with E-state index in [9.17, 15) is 22.8 Å². The van der Waals surface area contributed by atoms with Crippen molar-refractivity contribution in [2.75, 3.05) is 5.32 Å². The lowest BCUT2D eigenvalue weighted by molar-refractivity contribution is -0.143. The van der Waals surface area contributed by atoms with E-state index in [1.165, 1.54) is 0 Å². The molecule has 1 aliphatic rings. The summed E-state index contributed by atoms with van der Waals surface area (Å²) in [7, 11) is 0. The molecule has 1 fully saturated rings. The predicted octanol–water partition coefficient (Wildman–Crippen LogP) is 3.26. The number of carbonyl (C=O) groups is 2. The maximum Gasteiger partial charge on any atom is 0.387 e. The molecule has 0 atom stereocenters. The maximum atomic E-state index is 13.1. The molecule has 0 aliphatic heterocycles. The minimum Gasteiger partial charge on any atom is -0.481 e. The fraction of sp³-hybridized carbons (Fsp3) is 0.467. The van der Waals surface area contributed by atoms with Crippen molar-refractivity contribution in [1.82, 2.24) is 0 Å². The van der Waals surface area contributed by atoms with Crippen LogP contribution >= 0.6 is 0 Å². The Balaban J connectivity index is 2.02. The molecule has 0 radical (unpaired) electrons. The SMILES string of the molecule is O=C(O)C1CCC(C(=O)Nc2ccc(F)cc2OC(F)F)CC1. The van der Waals surface area contributed by atoms with Gasteiger partial charge in [-0.2, -0.15) is 8.78 Å². The number of carboxylic acids is 1. The van der Waals surface area contributed by atoms with Gasteiger partial charge in [0, 0.05) is 12.0 Å². The number of rotatable bonds is 5. The smallest absolute Gasteiger partial charge is 0.387 e. The van der Waals surface area contributed by atoms with E-state index < -0.39 is 41.9 Å². The predicted molar refractivity (Wildman–Crippen MR) is 74.7 cm³/mol. The monoisotopic (exact) mass is 331 g/mol. The molecule has 0 saturated heterocycles. The normalized spacial score (nSPS) is 21.0. The summed E-state index contributed by atoms with van der Waals surface area (Å²) in [4.78, 5) is 23.0. The number of anilines is 1. The largest absolute Gasteiger partial charge is 0.481 e.